The first-order chi connectivity index (χ1) is 11.7. The first-order valence-corrected chi connectivity index (χ1v) is 8.56. The maximum Gasteiger partial charge on any atom is 0.259 e. The van der Waals surface area contributed by atoms with Crippen LogP contribution in [0.25, 0.3) is 0 Å². The Morgan fingerprint density at radius 1 is 1.29 bits per heavy atom. The number of aromatic nitrogens is 1. The monoisotopic (exact) mass is 332 g/mol. The third-order valence-electron chi connectivity index (χ3n) is 4.25. The van der Waals surface area contributed by atoms with Crippen molar-refractivity contribution in [1.82, 2.24) is 20.1 Å². The fourth-order valence-electron chi connectivity index (χ4n) is 2.79. The molecule has 1 N–H and O–H groups in total. The van der Waals surface area contributed by atoms with Crippen LogP contribution in [-0.2, 0) is 4.79 Å². The first-order valence-electron chi connectivity index (χ1n) is 8.56. The van der Waals surface area contributed by atoms with Gasteiger partial charge in [0.25, 0.3) is 5.91 Å². The van der Waals surface area contributed by atoms with E-state index in [1.54, 1.807) is 23.2 Å². The lowest BCUT2D eigenvalue weighted by Crippen LogP contribution is -2.51. The SMILES string of the molecule is CCOc1ncccc1C(=O)N1CCN(CC(=O)NC2CC2)CC1. The molecule has 0 aromatic carbocycles. The highest BCUT2D eigenvalue weighted by Gasteiger charge is 2.27. The van der Waals surface area contributed by atoms with Crippen LogP contribution in [-0.4, -0.2) is 72.0 Å². The Balaban J connectivity index is 1.52. The molecule has 1 aliphatic heterocycles. The molecule has 2 heterocycles. The topological polar surface area (TPSA) is 74.8 Å². The van der Waals surface area contributed by atoms with Crippen molar-refractivity contribution in [3.05, 3.63) is 23.9 Å². The predicted octanol–water partition coefficient (Wildman–Crippen LogP) is 0.517. The van der Waals surface area contributed by atoms with E-state index in [1.807, 2.05) is 6.92 Å². The van der Waals surface area contributed by atoms with Gasteiger partial charge in [0.2, 0.25) is 11.8 Å². The molecule has 1 aromatic heterocycles. The number of hydrogen-bond donors (Lipinski definition) is 1. The van der Waals surface area contributed by atoms with Crippen molar-refractivity contribution < 1.29 is 14.3 Å². The van der Waals surface area contributed by atoms with E-state index in [4.69, 9.17) is 4.74 Å². The Morgan fingerprint density at radius 3 is 2.71 bits per heavy atom. The molecule has 1 saturated heterocycles. The maximum atomic E-state index is 12.7. The number of carbonyl (C=O) groups is 2. The molecule has 24 heavy (non-hydrogen) atoms. The standard InChI is InChI=1S/C17H24N4O3/c1-2-24-16-14(4-3-7-18-16)17(23)21-10-8-20(9-11-21)12-15(22)19-13-5-6-13/h3-4,7,13H,2,5-6,8-12H2,1H3,(H,19,22). The molecule has 2 amide bonds. The highest BCUT2D eigenvalue weighted by atomic mass is 16.5. The third-order valence-corrected chi connectivity index (χ3v) is 4.25. The van der Waals surface area contributed by atoms with Crippen LogP contribution in [0.5, 0.6) is 5.88 Å². The molecular weight excluding hydrogens is 308 g/mol. The number of piperazine rings is 1. The van der Waals surface area contributed by atoms with Gasteiger partial charge in [0.15, 0.2) is 0 Å². The fourth-order valence-corrected chi connectivity index (χ4v) is 2.79. The summed E-state index contributed by atoms with van der Waals surface area (Å²) in [6.07, 6.45) is 3.82. The molecule has 0 spiro atoms. The summed E-state index contributed by atoms with van der Waals surface area (Å²) in [7, 11) is 0. The van der Waals surface area contributed by atoms with E-state index in [0.29, 0.717) is 56.8 Å². The lowest BCUT2D eigenvalue weighted by molar-refractivity contribution is -0.122. The normalized spacial score (nSPS) is 18.3. The average Bonchev–Trinajstić information content (AvgIpc) is 3.39. The zero-order valence-corrected chi connectivity index (χ0v) is 14.0. The van der Waals surface area contributed by atoms with Crippen LogP contribution in [0.15, 0.2) is 18.3 Å². The zero-order valence-electron chi connectivity index (χ0n) is 14.0. The molecule has 0 atom stereocenters. The number of carbonyl (C=O) groups excluding carboxylic acids is 2. The summed E-state index contributed by atoms with van der Waals surface area (Å²) in [5.74, 6) is 0.410. The van der Waals surface area contributed by atoms with E-state index in [0.717, 1.165) is 12.8 Å². The molecule has 0 unspecified atom stereocenters. The van der Waals surface area contributed by atoms with Gasteiger partial charge in [-0.1, -0.05) is 0 Å². The van der Waals surface area contributed by atoms with E-state index in [2.05, 4.69) is 15.2 Å². The average molecular weight is 332 g/mol. The van der Waals surface area contributed by atoms with Crippen molar-refractivity contribution >= 4 is 11.8 Å². The van der Waals surface area contributed by atoms with Gasteiger partial charge in [-0.3, -0.25) is 14.5 Å². The summed E-state index contributed by atoms with van der Waals surface area (Å²) < 4.78 is 5.44. The van der Waals surface area contributed by atoms with Gasteiger partial charge < -0.3 is 15.0 Å². The van der Waals surface area contributed by atoms with Crippen LogP contribution in [0.2, 0.25) is 0 Å². The van der Waals surface area contributed by atoms with Crippen LogP contribution >= 0.6 is 0 Å². The second-order valence-corrected chi connectivity index (χ2v) is 6.20. The summed E-state index contributed by atoms with van der Waals surface area (Å²) >= 11 is 0. The molecule has 1 aromatic rings. The number of nitrogens with one attached hydrogen (secondary N) is 1. The lowest BCUT2D eigenvalue weighted by Gasteiger charge is -2.34. The van der Waals surface area contributed by atoms with Gasteiger partial charge in [-0.05, 0) is 31.9 Å². The van der Waals surface area contributed by atoms with Gasteiger partial charge in [0, 0.05) is 38.4 Å². The molecular formula is C17H24N4O3. The highest BCUT2D eigenvalue weighted by molar-refractivity contribution is 5.96. The van der Waals surface area contributed by atoms with E-state index in [-0.39, 0.29) is 11.8 Å². The molecule has 0 bridgehead atoms. The Hall–Kier alpha value is -2.15. The molecule has 0 radical (unpaired) electrons. The summed E-state index contributed by atoms with van der Waals surface area (Å²) in [6.45, 7) is 5.37. The summed E-state index contributed by atoms with van der Waals surface area (Å²) in [5, 5.41) is 3.00. The van der Waals surface area contributed by atoms with E-state index < -0.39 is 0 Å². The molecule has 2 aliphatic rings. The van der Waals surface area contributed by atoms with E-state index in [1.165, 1.54) is 0 Å². The van der Waals surface area contributed by atoms with Gasteiger partial charge in [0.1, 0.15) is 5.56 Å². The van der Waals surface area contributed by atoms with Crippen molar-refractivity contribution in [2.75, 3.05) is 39.3 Å². The molecule has 130 valence electrons. The Bertz CT molecular complexity index is 595. The number of ether oxygens (including phenoxy) is 1. The Labute approximate surface area is 142 Å². The molecule has 1 aliphatic carbocycles. The minimum absolute atomic E-state index is 0.0615. The van der Waals surface area contributed by atoms with Crippen LogP contribution in [0.1, 0.15) is 30.1 Å². The predicted molar refractivity (Wildman–Crippen MR) is 88.9 cm³/mol. The number of pyridine rings is 1. The van der Waals surface area contributed by atoms with E-state index in [9.17, 15) is 9.59 Å². The fraction of sp³-hybridized carbons (Fsp3) is 0.588. The largest absolute Gasteiger partial charge is 0.477 e. The second-order valence-electron chi connectivity index (χ2n) is 6.20. The number of rotatable bonds is 6. The van der Waals surface area contributed by atoms with Gasteiger partial charge in [-0.15, -0.1) is 0 Å². The Morgan fingerprint density at radius 2 is 2.04 bits per heavy atom. The van der Waals surface area contributed by atoms with Gasteiger partial charge >= 0.3 is 0 Å². The number of amides is 2. The smallest absolute Gasteiger partial charge is 0.259 e. The van der Waals surface area contributed by atoms with Crippen molar-refractivity contribution in [1.29, 1.82) is 0 Å². The molecule has 3 rings (SSSR count). The Kier molecular flexibility index (Phi) is 5.30. The van der Waals surface area contributed by atoms with Crippen molar-refractivity contribution in [3.8, 4) is 5.88 Å². The van der Waals surface area contributed by atoms with Crippen LogP contribution in [0.4, 0.5) is 0 Å². The quantitative estimate of drug-likeness (QED) is 0.822. The van der Waals surface area contributed by atoms with E-state index >= 15 is 0 Å². The highest BCUT2D eigenvalue weighted by Crippen LogP contribution is 2.19. The zero-order chi connectivity index (χ0) is 16.9. The minimum atomic E-state index is -0.0615. The van der Waals surface area contributed by atoms with Crippen LogP contribution in [0.3, 0.4) is 0 Å². The van der Waals surface area contributed by atoms with Crippen molar-refractivity contribution in [3.63, 3.8) is 0 Å². The number of nitrogens with zero attached hydrogens (tertiary/aromatic N) is 3. The van der Waals surface area contributed by atoms with Crippen molar-refractivity contribution in [2.45, 2.75) is 25.8 Å². The minimum Gasteiger partial charge on any atom is -0.477 e. The lowest BCUT2D eigenvalue weighted by atomic mass is 10.2. The molecule has 7 heteroatoms. The van der Waals surface area contributed by atoms with Crippen molar-refractivity contribution in [2.24, 2.45) is 0 Å². The maximum absolute atomic E-state index is 12.7. The summed E-state index contributed by atoms with van der Waals surface area (Å²) in [6, 6.07) is 3.88. The molecule has 7 nitrogen and oxygen atoms in total. The first kappa shape index (κ1) is 16.7. The van der Waals surface area contributed by atoms with Gasteiger partial charge in [-0.2, -0.15) is 0 Å². The molecule has 2 fully saturated rings. The van der Waals surface area contributed by atoms with Gasteiger partial charge in [-0.25, -0.2) is 4.98 Å². The number of hydrogen-bond acceptors (Lipinski definition) is 5. The van der Waals surface area contributed by atoms with Crippen LogP contribution < -0.4 is 10.1 Å². The second kappa shape index (κ2) is 7.61. The third kappa shape index (κ3) is 4.23. The summed E-state index contributed by atoms with van der Waals surface area (Å²) in [5.41, 5.74) is 0.499. The molecule has 1 saturated carbocycles. The van der Waals surface area contributed by atoms with Crippen LogP contribution in [0, 0.1) is 0 Å². The summed E-state index contributed by atoms with van der Waals surface area (Å²) in [4.78, 5) is 32.6. The van der Waals surface area contributed by atoms with Gasteiger partial charge in [0.05, 0.1) is 13.2 Å².